The van der Waals surface area contributed by atoms with E-state index in [4.69, 9.17) is 5.73 Å². The molecule has 0 aliphatic carbocycles. The fourth-order valence-corrected chi connectivity index (χ4v) is 3.97. The second kappa shape index (κ2) is 8.63. The number of pyridine rings is 1. The third-order valence-corrected chi connectivity index (χ3v) is 5.68. The van der Waals surface area contributed by atoms with Gasteiger partial charge >= 0.3 is 0 Å². The Kier molecular flexibility index (Phi) is 6.26. The highest BCUT2D eigenvalue weighted by Gasteiger charge is 2.28. The van der Waals surface area contributed by atoms with Gasteiger partial charge in [-0.05, 0) is 56.9 Å². The Labute approximate surface area is 151 Å². The van der Waals surface area contributed by atoms with Crippen molar-refractivity contribution in [3.63, 3.8) is 0 Å². The number of nitrogens with zero attached hydrogens (tertiary/aromatic N) is 4. The average molecular weight is 345 g/mol. The SMILES string of the molecule is CCN1CCC(CC(N)C(=O)N2CCN(c3ccncc3)CC2)CC1. The summed E-state index contributed by atoms with van der Waals surface area (Å²) < 4.78 is 0. The van der Waals surface area contributed by atoms with Crippen LogP contribution in [-0.2, 0) is 4.79 Å². The number of rotatable bonds is 5. The van der Waals surface area contributed by atoms with Gasteiger partial charge in [-0.1, -0.05) is 6.92 Å². The third-order valence-electron chi connectivity index (χ3n) is 5.68. The van der Waals surface area contributed by atoms with Crippen molar-refractivity contribution in [2.45, 2.75) is 32.2 Å². The number of hydrogen-bond donors (Lipinski definition) is 1. The summed E-state index contributed by atoms with van der Waals surface area (Å²) in [5, 5.41) is 0. The van der Waals surface area contributed by atoms with Crippen molar-refractivity contribution < 1.29 is 4.79 Å². The van der Waals surface area contributed by atoms with Crippen molar-refractivity contribution in [2.24, 2.45) is 11.7 Å². The molecule has 1 unspecified atom stereocenters. The molecule has 25 heavy (non-hydrogen) atoms. The molecule has 6 heteroatoms. The van der Waals surface area contributed by atoms with Crippen LogP contribution in [0.15, 0.2) is 24.5 Å². The molecule has 2 aliphatic heterocycles. The lowest BCUT2D eigenvalue weighted by molar-refractivity contribution is -0.133. The lowest BCUT2D eigenvalue weighted by Crippen LogP contribution is -2.53. The molecule has 0 bridgehead atoms. The molecule has 6 nitrogen and oxygen atoms in total. The van der Waals surface area contributed by atoms with Crippen LogP contribution in [0.2, 0.25) is 0 Å². The Hall–Kier alpha value is -1.66. The van der Waals surface area contributed by atoms with Crippen molar-refractivity contribution in [3.8, 4) is 0 Å². The summed E-state index contributed by atoms with van der Waals surface area (Å²) in [5.74, 6) is 0.729. The molecule has 0 aromatic carbocycles. The number of carbonyl (C=O) groups excluding carboxylic acids is 1. The Bertz CT molecular complexity index is 536. The number of anilines is 1. The van der Waals surface area contributed by atoms with Crippen LogP contribution in [0.5, 0.6) is 0 Å². The molecule has 138 valence electrons. The average Bonchev–Trinajstić information content (AvgIpc) is 2.69. The van der Waals surface area contributed by atoms with E-state index in [1.807, 2.05) is 29.4 Å². The summed E-state index contributed by atoms with van der Waals surface area (Å²) >= 11 is 0. The van der Waals surface area contributed by atoms with Crippen molar-refractivity contribution in [3.05, 3.63) is 24.5 Å². The van der Waals surface area contributed by atoms with Crippen LogP contribution in [0.3, 0.4) is 0 Å². The zero-order chi connectivity index (χ0) is 17.6. The molecule has 2 fully saturated rings. The number of piperidine rings is 1. The Morgan fingerprint density at radius 1 is 1.16 bits per heavy atom. The quantitative estimate of drug-likeness (QED) is 0.868. The number of piperazine rings is 1. The minimum Gasteiger partial charge on any atom is -0.368 e. The van der Waals surface area contributed by atoms with E-state index in [1.54, 1.807) is 0 Å². The Morgan fingerprint density at radius 3 is 2.40 bits per heavy atom. The van der Waals surface area contributed by atoms with E-state index < -0.39 is 0 Å². The van der Waals surface area contributed by atoms with Gasteiger partial charge in [-0.25, -0.2) is 0 Å². The molecule has 2 aliphatic rings. The van der Waals surface area contributed by atoms with E-state index in [9.17, 15) is 4.79 Å². The van der Waals surface area contributed by atoms with Gasteiger partial charge in [0, 0.05) is 44.3 Å². The highest BCUT2D eigenvalue weighted by atomic mass is 16.2. The van der Waals surface area contributed by atoms with Gasteiger partial charge in [0.25, 0.3) is 0 Å². The first-order valence-corrected chi connectivity index (χ1v) is 9.59. The van der Waals surface area contributed by atoms with Crippen LogP contribution in [-0.4, -0.2) is 72.5 Å². The number of amides is 1. The lowest BCUT2D eigenvalue weighted by atomic mass is 9.90. The van der Waals surface area contributed by atoms with Crippen LogP contribution in [0.4, 0.5) is 5.69 Å². The predicted octanol–water partition coefficient (Wildman–Crippen LogP) is 1.18. The second-order valence-electron chi connectivity index (χ2n) is 7.24. The summed E-state index contributed by atoms with van der Waals surface area (Å²) in [4.78, 5) is 23.5. The fraction of sp³-hybridized carbons (Fsp3) is 0.684. The minimum absolute atomic E-state index is 0.132. The molecule has 0 spiro atoms. The topological polar surface area (TPSA) is 65.7 Å². The molecule has 0 saturated carbocycles. The van der Waals surface area contributed by atoms with Crippen LogP contribution in [0.25, 0.3) is 0 Å². The van der Waals surface area contributed by atoms with Gasteiger partial charge in [0.2, 0.25) is 5.91 Å². The largest absolute Gasteiger partial charge is 0.368 e. The third kappa shape index (κ3) is 4.70. The fourth-order valence-electron chi connectivity index (χ4n) is 3.97. The monoisotopic (exact) mass is 345 g/mol. The molecular weight excluding hydrogens is 314 g/mol. The van der Waals surface area contributed by atoms with Gasteiger partial charge < -0.3 is 20.4 Å². The highest BCUT2D eigenvalue weighted by Crippen LogP contribution is 2.22. The maximum absolute atomic E-state index is 12.7. The first kappa shape index (κ1) is 18.1. The molecule has 1 amide bonds. The van der Waals surface area contributed by atoms with Gasteiger partial charge in [0.05, 0.1) is 6.04 Å². The summed E-state index contributed by atoms with van der Waals surface area (Å²) in [7, 11) is 0. The maximum Gasteiger partial charge on any atom is 0.239 e. The zero-order valence-electron chi connectivity index (χ0n) is 15.3. The van der Waals surface area contributed by atoms with Crippen molar-refractivity contribution >= 4 is 11.6 Å². The molecule has 1 aromatic heterocycles. The van der Waals surface area contributed by atoms with Crippen molar-refractivity contribution in [1.82, 2.24) is 14.8 Å². The van der Waals surface area contributed by atoms with Crippen LogP contribution in [0, 0.1) is 5.92 Å². The molecule has 3 heterocycles. The number of nitrogens with two attached hydrogens (primary N) is 1. The minimum atomic E-state index is -0.342. The lowest BCUT2D eigenvalue weighted by Gasteiger charge is -2.38. The van der Waals surface area contributed by atoms with Gasteiger partial charge in [-0.15, -0.1) is 0 Å². The Balaban J connectivity index is 1.44. The standard InChI is InChI=1S/C19H31N5O/c1-2-22-9-5-16(6-10-22)15-18(20)19(25)24-13-11-23(12-14-24)17-3-7-21-8-4-17/h3-4,7-8,16,18H,2,5-6,9-15,20H2,1H3. The first-order valence-electron chi connectivity index (χ1n) is 9.59. The molecule has 1 atom stereocenters. The maximum atomic E-state index is 12.7. The summed E-state index contributed by atoms with van der Waals surface area (Å²) in [5.41, 5.74) is 7.44. The van der Waals surface area contributed by atoms with Crippen LogP contribution >= 0.6 is 0 Å². The van der Waals surface area contributed by atoms with Crippen LogP contribution in [0.1, 0.15) is 26.2 Å². The van der Waals surface area contributed by atoms with Crippen molar-refractivity contribution in [2.75, 3.05) is 50.7 Å². The first-order chi connectivity index (χ1) is 12.2. The summed E-state index contributed by atoms with van der Waals surface area (Å²) in [6.07, 6.45) is 6.80. The molecule has 2 N–H and O–H groups in total. The van der Waals surface area contributed by atoms with Gasteiger partial charge in [-0.3, -0.25) is 9.78 Å². The Morgan fingerprint density at radius 2 is 1.80 bits per heavy atom. The summed E-state index contributed by atoms with van der Waals surface area (Å²) in [6, 6.07) is 3.70. The zero-order valence-corrected chi connectivity index (χ0v) is 15.3. The summed E-state index contributed by atoms with van der Waals surface area (Å²) in [6.45, 7) is 8.85. The van der Waals surface area contributed by atoms with E-state index in [-0.39, 0.29) is 11.9 Å². The predicted molar refractivity (Wildman–Crippen MR) is 100 cm³/mol. The van der Waals surface area contributed by atoms with Gasteiger partial charge in [-0.2, -0.15) is 0 Å². The van der Waals surface area contributed by atoms with Crippen LogP contribution < -0.4 is 10.6 Å². The van der Waals surface area contributed by atoms with E-state index >= 15 is 0 Å². The second-order valence-corrected chi connectivity index (χ2v) is 7.24. The van der Waals surface area contributed by atoms with Crippen molar-refractivity contribution in [1.29, 1.82) is 0 Å². The van der Waals surface area contributed by atoms with E-state index in [2.05, 4.69) is 21.7 Å². The number of carbonyl (C=O) groups is 1. The van der Waals surface area contributed by atoms with E-state index in [0.29, 0.717) is 5.92 Å². The van der Waals surface area contributed by atoms with E-state index in [1.165, 1.54) is 18.5 Å². The van der Waals surface area contributed by atoms with Gasteiger partial charge in [0.15, 0.2) is 0 Å². The highest BCUT2D eigenvalue weighted by molar-refractivity contribution is 5.82. The molecular formula is C19H31N5O. The van der Waals surface area contributed by atoms with E-state index in [0.717, 1.165) is 52.2 Å². The molecule has 0 radical (unpaired) electrons. The number of likely N-dealkylation sites (tertiary alicyclic amines) is 1. The smallest absolute Gasteiger partial charge is 0.239 e. The molecule has 3 rings (SSSR count). The number of hydrogen-bond acceptors (Lipinski definition) is 5. The normalized spacial score (nSPS) is 21.4. The van der Waals surface area contributed by atoms with Gasteiger partial charge in [0.1, 0.15) is 0 Å². The number of aromatic nitrogens is 1. The molecule has 1 aromatic rings. The molecule has 2 saturated heterocycles.